The number of ether oxygens (including phenoxy) is 1. The minimum absolute atomic E-state index is 0.0415. The van der Waals surface area contributed by atoms with E-state index in [4.69, 9.17) is 21.6 Å². The number of benzene rings is 1. The van der Waals surface area contributed by atoms with Crippen LogP contribution < -0.4 is 4.72 Å². The molecule has 1 aliphatic heterocycles. The standard InChI is InChI=1S/C18H24ClN3O4S/c1-3-22(12-13(2)10-20)18(23)14-6-7-16(19)17(9-14)27(24,25)21-11-15-5-4-8-26-15/h6-7,9,13,15,21H,3-5,8,11-12H2,1-2H3. The molecular weight excluding hydrogens is 390 g/mol. The number of halogens is 1. The molecule has 0 radical (unpaired) electrons. The average Bonchev–Trinajstić information content (AvgIpc) is 3.17. The second-order valence-electron chi connectivity index (χ2n) is 6.51. The number of hydrogen-bond donors (Lipinski definition) is 1. The first-order chi connectivity index (χ1) is 12.8. The van der Waals surface area contributed by atoms with Gasteiger partial charge in [-0.3, -0.25) is 4.79 Å². The van der Waals surface area contributed by atoms with Crippen LogP contribution in [0.4, 0.5) is 0 Å². The van der Waals surface area contributed by atoms with E-state index < -0.39 is 10.0 Å². The van der Waals surface area contributed by atoms with Gasteiger partial charge in [-0.25, -0.2) is 13.1 Å². The third-order valence-corrected chi connectivity index (χ3v) is 6.28. The van der Waals surface area contributed by atoms with Gasteiger partial charge in [0.05, 0.1) is 23.1 Å². The molecule has 2 unspecified atom stereocenters. The Balaban J connectivity index is 2.21. The van der Waals surface area contributed by atoms with Gasteiger partial charge in [-0.15, -0.1) is 0 Å². The zero-order chi connectivity index (χ0) is 20.0. The summed E-state index contributed by atoms with van der Waals surface area (Å²) in [4.78, 5) is 14.1. The highest BCUT2D eigenvalue weighted by atomic mass is 35.5. The highest BCUT2D eigenvalue weighted by Gasteiger charge is 2.24. The summed E-state index contributed by atoms with van der Waals surface area (Å²) in [6.45, 7) is 5.00. The molecule has 1 amide bonds. The van der Waals surface area contributed by atoms with Gasteiger partial charge in [-0.1, -0.05) is 11.6 Å². The number of hydrogen-bond acceptors (Lipinski definition) is 5. The number of sulfonamides is 1. The van der Waals surface area contributed by atoms with Gasteiger partial charge in [0, 0.05) is 31.8 Å². The first-order valence-electron chi connectivity index (χ1n) is 8.88. The van der Waals surface area contributed by atoms with Crippen molar-refractivity contribution < 1.29 is 17.9 Å². The zero-order valence-electron chi connectivity index (χ0n) is 15.4. The Labute approximate surface area is 165 Å². The molecule has 148 valence electrons. The number of nitrogens with one attached hydrogen (secondary N) is 1. The van der Waals surface area contributed by atoms with Crippen molar-refractivity contribution in [1.29, 1.82) is 5.26 Å². The zero-order valence-corrected chi connectivity index (χ0v) is 17.0. The summed E-state index contributed by atoms with van der Waals surface area (Å²) >= 11 is 6.08. The smallest absolute Gasteiger partial charge is 0.253 e. The van der Waals surface area contributed by atoms with E-state index >= 15 is 0 Å². The lowest BCUT2D eigenvalue weighted by Gasteiger charge is -2.22. The van der Waals surface area contributed by atoms with Gasteiger partial charge in [0.2, 0.25) is 10.0 Å². The number of nitrogens with zero attached hydrogens (tertiary/aromatic N) is 2. The molecule has 0 aliphatic carbocycles. The van der Waals surface area contributed by atoms with E-state index in [9.17, 15) is 13.2 Å². The Morgan fingerprint density at radius 2 is 2.26 bits per heavy atom. The highest BCUT2D eigenvalue weighted by molar-refractivity contribution is 7.89. The largest absolute Gasteiger partial charge is 0.377 e. The summed E-state index contributed by atoms with van der Waals surface area (Å²) in [6.07, 6.45) is 1.56. The van der Waals surface area contributed by atoms with Crippen LogP contribution >= 0.6 is 11.6 Å². The molecule has 2 atom stereocenters. The lowest BCUT2D eigenvalue weighted by atomic mass is 10.1. The lowest BCUT2D eigenvalue weighted by Crippen LogP contribution is -2.35. The molecule has 1 N–H and O–H groups in total. The maximum atomic E-state index is 12.7. The van der Waals surface area contributed by atoms with Crippen molar-refractivity contribution in [3.63, 3.8) is 0 Å². The summed E-state index contributed by atoms with van der Waals surface area (Å²) in [5, 5.41) is 9.01. The number of carbonyl (C=O) groups is 1. The van der Waals surface area contributed by atoms with Crippen LogP contribution in [0, 0.1) is 17.2 Å². The van der Waals surface area contributed by atoms with Crippen LogP contribution in [0.5, 0.6) is 0 Å². The van der Waals surface area contributed by atoms with Crippen LogP contribution in [-0.4, -0.2) is 51.6 Å². The van der Waals surface area contributed by atoms with E-state index in [1.807, 2.05) is 0 Å². The van der Waals surface area contributed by atoms with Gasteiger partial charge in [0.1, 0.15) is 4.90 Å². The molecule has 1 heterocycles. The van der Waals surface area contributed by atoms with E-state index in [2.05, 4.69) is 10.8 Å². The number of rotatable bonds is 8. The van der Waals surface area contributed by atoms with E-state index in [0.29, 0.717) is 13.2 Å². The maximum Gasteiger partial charge on any atom is 0.253 e. The molecule has 1 aliphatic rings. The molecule has 0 aromatic heterocycles. The lowest BCUT2D eigenvalue weighted by molar-refractivity contribution is 0.0752. The molecule has 9 heteroatoms. The molecule has 0 spiro atoms. The minimum atomic E-state index is -3.88. The van der Waals surface area contributed by atoms with Gasteiger partial charge in [0.15, 0.2) is 0 Å². The number of carbonyl (C=O) groups excluding carboxylic acids is 1. The SMILES string of the molecule is CCN(CC(C)C#N)C(=O)c1ccc(Cl)c(S(=O)(=O)NCC2CCCO2)c1. The predicted molar refractivity (Wildman–Crippen MR) is 102 cm³/mol. The maximum absolute atomic E-state index is 12.7. The van der Waals surface area contributed by atoms with Gasteiger partial charge in [-0.05, 0) is 44.9 Å². The van der Waals surface area contributed by atoms with E-state index in [-0.39, 0.29) is 46.5 Å². The molecule has 7 nitrogen and oxygen atoms in total. The van der Waals surface area contributed by atoms with Crippen molar-refractivity contribution in [2.24, 2.45) is 5.92 Å². The van der Waals surface area contributed by atoms with Crippen LogP contribution in [0.3, 0.4) is 0 Å². The Kier molecular flexibility index (Phi) is 7.62. The fourth-order valence-corrected chi connectivity index (χ4v) is 4.43. The molecule has 1 aromatic rings. The molecule has 0 saturated carbocycles. The number of nitriles is 1. The topological polar surface area (TPSA) is 99.5 Å². The van der Waals surface area contributed by atoms with Gasteiger partial charge >= 0.3 is 0 Å². The summed E-state index contributed by atoms with van der Waals surface area (Å²) in [7, 11) is -3.88. The summed E-state index contributed by atoms with van der Waals surface area (Å²) in [6, 6.07) is 6.26. The third kappa shape index (κ3) is 5.66. The molecule has 1 saturated heterocycles. The average molecular weight is 414 g/mol. The first-order valence-corrected chi connectivity index (χ1v) is 10.7. The summed E-state index contributed by atoms with van der Waals surface area (Å²) < 4.78 is 33.2. The van der Waals surface area contributed by atoms with Gasteiger partial charge in [0.25, 0.3) is 5.91 Å². The van der Waals surface area contributed by atoms with Gasteiger partial charge < -0.3 is 9.64 Å². The van der Waals surface area contributed by atoms with Crippen LogP contribution in [0.2, 0.25) is 5.02 Å². The molecule has 27 heavy (non-hydrogen) atoms. The minimum Gasteiger partial charge on any atom is -0.377 e. The van der Waals surface area contributed by atoms with Crippen molar-refractivity contribution in [3.05, 3.63) is 28.8 Å². The molecule has 0 bridgehead atoms. The highest BCUT2D eigenvalue weighted by Crippen LogP contribution is 2.24. The second kappa shape index (κ2) is 9.51. The third-order valence-electron chi connectivity index (χ3n) is 4.38. The monoisotopic (exact) mass is 413 g/mol. The molecule has 1 aromatic carbocycles. The van der Waals surface area contributed by atoms with Crippen LogP contribution in [0.15, 0.2) is 23.1 Å². The van der Waals surface area contributed by atoms with Crippen molar-refractivity contribution >= 4 is 27.5 Å². The molecular formula is C18H24ClN3O4S. The van der Waals surface area contributed by atoms with Crippen LogP contribution in [0.25, 0.3) is 0 Å². The first kappa shape index (κ1) is 21.6. The quantitative estimate of drug-likeness (QED) is 0.705. The summed E-state index contributed by atoms with van der Waals surface area (Å²) in [5.74, 6) is -0.663. The molecule has 1 fully saturated rings. The van der Waals surface area contributed by atoms with Crippen LogP contribution in [-0.2, 0) is 14.8 Å². The second-order valence-corrected chi connectivity index (χ2v) is 8.65. The Morgan fingerprint density at radius 1 is 1.52 bits per heavy atom. The van der Waals surface area contributed by atoms with E-state index in [1.165, 1.54) is 23.1 Å². The Bertz CT molecular complexity index is 816. The Hall–Kier alpha value is -1.66. The molecule has 2 rings (SSSR count). The van der Waals surface area contributed by atoms with E-state index in [0.717, 1.165) is 12.8 Å². The van der Waals surface area contributed by atoms with E-state index in [1.54, 1.807) is 13.8 Å². The fraction of sp³-hybridized carbons (Fsp3) is 0.556. The van der Waals surface area contributed by atoms with Crippen molar-refractivity contribution in [1.82, 2.24) is 9.62 Å². The van der Waals surface area contributed by atoms with Gasteiger partial charge in [-0.2, -0.15) is 5.26 Å². The number of amides is 1. The van der Waals surface area contributed by atoms with Crippen molar-refractivity contribution in [3.8, 4) is 6.07 Å². The predicted octanol–water partition coefficient (Wildman–Crippen LogP) is 2.42. The van der Waals surface area contributed by atoms with Crippen molar-refractivity contribution in [2.75, 3.05) is 26.2 Å². The van der Waals surface area contributed by atoms with Crippen molar-refractivity contribution in [2.45, 2.75) is 37.7 Å². The summed E-state index contributed by atoms with van der Waals surface area (Å²) in [5.41, 5.74) is 0.212. The normalized spacial score (nSPS) is 18.1. The Morgan fingerprint density at radius 3 is 2.85 bits per heavy atom. The fourth-order valence-electron chi connectivity index (χ4n) is 2.84. The van der Waals surface area contributed by atoms with Crippen LogP contribution in [0.1, 0.15) is 37.0 Å².